The standard InChI is InChI=1S/C13H16ClNO2/c1-13(17)5-7-15(8-6-13)12-4-2-3-11(14)10(12)9-16/h2-4,9,17H,5-8H2,1H3. The summed E-state index contributed by atoms with van der Waals surface area (Å²) in [5.41, 5.74) is 0.815. The number of hydrogen-bond donors (Lipinski definition) is 1. The van der Waals surface area contributed by atoms with Gasteiger partial charge in [0, 0.05) is 18.8 Å². The van der Waals surface area contributed by atoms with Crippen molar-refractivity contribution < 1.29 is 9.90 Å². The van der Waals surface area contributed by atoms with Crippen LogP contribution in [-0.4, -0.2) is 30.1 Å². The Balaban J connectivity index is 2.24. The molecule has 0 atom stereocenters. The number of benzene rings is 1. The number of carbonyl (C=O) groups is 1. The van der Waals surface area contributed by atoms with E-state index >= 15 is 0 Å². The fourth-order valence-corrected chi connectivity index (χ4v) is 2.36. The van der Waals surface area contributed by atoms with Crippen molar-refractivity contribution in [1.82, 2.24) is 0 Å². The van der Waals surface area contributed by atoms with Crippen LogP contribution in [0, 0.1) is 0 Å². The minimum absolute atomic E-state index is 0.481. The molecule has 0 amide bonds. The fraction of sp³-hybridized carbons (Fsp3) is 0.462. The lowest BCUT2D eigenvalue weighted by atomic mass is 9.93. The Morgan fingerprint density at radius 2 is 2.06 bits per heavy atom. The molecule has 4 heteroatoms. The van der Waals surface area contributed by atoms with Crippen molar-refractivity contribution >= 4 is 23.6 Å². The maximum Gasteiger partial charge on any atom is 0.153 e. The highest BCUT2D eigenvalue weighted by Crippen LogP contribution is 2.30. The van der Waals surface area contributed by atoms with Gasteiger partial charge in [-0.15, -0.1) is 0 Å². The van der Waals surface area contributed by atoms with E-state index in [2.05, 4.69) is 4.90 Å². The lowest BCUT2D eigenvalue weighted by Crippen LogP contribution is -2.42. The number of anilines is 1. The predicted molar refractivity (Wildman–Crippen MR) is 68.9 cm³/mol. The number of aliphatic hydroxyl groups is 1. The number of piperidine rings is 1. The Kier molecular flexibility index (Phi) is 3.40. The Bertz CT molecular complexity index is 421. The molecule has 0 unspecified atom stereocenters. The first-order chi connectivity index (χ1) is 8.03. The fourth-order valence-electron chi connectivity index (χ4n) is 2.15. The van der Waals surface area contributed by atoms with Crippen molar-refractivity contribution in [3.05, 3.63) is 28.8 Å². The van der Waals surface area contributed by atoms with E-state index in [-0.39, 0.29) is 0 Å². The van der Waals surface area contributed by atoms with E-state index in [0.29, 0.717) is 23.4 Å². The summed E-state index contributed by atoms with van der Waals surface area (Å²) in [6.07, 6.45) is 2.21. The van der Waals surface area contributed by atoms with Gasteiger partial charge in [-0.2, -0.15) is 0 Å². The van der Waals surface area contributed by atoms with Gasteiger partial charge >= 0.3 is 0 Å². The maximum atomic E-state index is 11.1. The second kappa shape index (κ2) is 4.67. The third kappa shape index (κ3) is 2.61. The summed E-state index contributed by atoms with van der Waals surface area (Å²) in [6, 6.07) is 5.46. The van der Waals surface area contributed by atoms with Crippen LogP contribution in [0.25, 0.3) is 0 Å². The third-order valence-corrected chi connectivity index (χ3v) is 3.66. The first kappa shape index (κ1) is 12.4. The quantitative estimate of drug-likeness (QED) is 0.824. The zero-order valence-electron chi connectivity index (χ0n) is 9.82. The zero-order chi connectivity index (χ0) is 12.5. The van der Waals surface area contributed by atoms with E-state index in [1.807, 2.05) is 19.1 Å². The highest BCUT2D eigenvalue weighted by atomic mass is 35.5. The van der Waals surface area contributed by atoms with E-state index in [4.69, 9.17) is 11.6 Å². The van der Waals surface area contributed by atoms with Gasteiger partial charge in [0.2, 0.25) is 0 Å². The summed E-state index contributed by atoms with van der Waals surface area (Å²) in [4.78, 5) is 13.2. The molecular formula is C13H16ClNO2. The summed E-state index contributed by atoms with van der Waals surface area (Å²) in [5, 5.41) is 10.4. The van der Waals surface area contributed by atoms with Crippen molar-refractivity contribution in [1.29, 1.82) is 0 Å². The average molecular weight is 254 g/mol. The van der Waals surface area contributed by atoms with Crippen LogP contribution in [0.1, 0.15) is 30.1 Å². The molecule has 1 fully saturated rings. The Morgan fingerprint density at radius 1 is 1.41 bits per heavy atom. The van der Waals surface area contributed by atoms with Crippen LogP contribution in [0.4, 0.5) is 5.69 Å². The predicted octanol–water partition coefficient (Wildman–Crippen LogP) is 2.50. The van der Waals surface area contributed by atoms with Crippen molar-refractivity contribution in [2.45, 2.75) is 25.4 Å². The van der Waals surface area contributed by atoms with E-state index in [1.165, 1.54) is 0 Å². The molecule has 1 aromatic rings. The zero-order valence-corrected chi connectivity index (χ0v) is 10.6. The van der Waals surface area contributed by atoms with Crippen molar-refractivity contribution in [2.75, 3.05) is 18.0 Å². The molecule has 1 saturated heterocycles. The van der Waals surface area contributed by atoms with Gasteiger partial charge in [-0.3, -0.25) is 4.79 Å². The van der Waals surface area contributed by atoms with E-state index in [0.717, 1.165) is 25.1 Å². The van der Waals surface area contributed by atoms with Gasteiger partial charge in [0.25, 0.3) is 0 Å². The van der Waals surface area contributed by atoms with Gasteiger partial charge < -0.3 is 10.0 Å². The Labute approximate surface area is 106 Å². The molecule has 17 heavy (non-hydrogen) atoms. The Hall–Kier alpha value is -1.06. The lowest BCUT2D eigenvalue weighted by Gasteiger charge is -2.37. The number of hydrogen-bond acceptors (Lipinski definition) is 3. The van der Waals surface area contributed by atoms with Crippen LogP contribution in [0.15, 0.2) is 18.2 Å². The molecule has 0 radical (unpaired) electrons. The number of rotatable bonds is 2. The summed E-state index contributed by atoms with van der Waals surface area (Å²) >= 11 is 6.00. The van der Waals surface area contributed by atoms with Crippen LogP contribution in [0.5, 0.6) is 0 Å². The van der Waals surface area contributed by atoms with Crippen LogP contribution >= 0.6 is 11.6 Å². The first-order valence-electron chi connectivity index (χ1n) is 5.74. The topological polar surface area (TPSA) is 40.5 Å². The SMILES string of the molecule is CC1(O)CCN(c2cccc(Cl)c2C=O)CC1. The normalized spacial score (nSPS) is 19.1. The third-order valence-electron chi connectivity index (χ3n) is 3.33. The number of halogens is 1. The van der Waals surface area contributed by atoms with E-state index < -0.39 is 5.60 Å². The number of aldehydes is 1. The molecule has 1 heterocycles. The van der Waals surface area contributed by atoms with Gasteiger partial charge in [0.15, 0.2) is 6.29 Å². The minimum atomic E-state index is -0.587. The van der Waals surface area contributed by atoms with Crippen LogP contribution in [-0.2, 0) is 0 Å². The molecule has 1 aliphatic rings. The molecule has 1 aliphatic heterocycles. The summed E-state index contributed by atoms with van der Waals surface area (Å²) in [7, 11) is 0. The van der Waals surface area contributed by atoms with Crippen molar-refractivity contribution in [2.24, 2.45) is 0 Å². The molecule has 0 bridgehead atoms. The second-order valence-corrected chi connectivity index (χ2v) is 5.18. The molecule has 2 rings (SSSR count). The lowest BCUT2D eigenvalue weighted by molar-refractivity contribution is 0.0351. The molecular weight excluding hydrogens is 238 g/mol. The molecule has 0 saturated carbocycles. The molecule has 1 aromatic carbocycles. The van der Waals surface area contributed by atoms with Crippen LogP contribution in [0.3, 0.4) is 0 Å². The molecule has 0 aliphatic carbocycles. The van der Waals surface area contributed by atoms with Crippen LogP contribution < -0.4 is 4.90 Å². The van der Waals surface area contributed by atoms with Crippen molar-refractivity contribution in [3.63, 3.8) is 0 Å². The molecule has 0 aromatic heterocycles. The largest absolute Gasteiger partial charge is 0.390 e. The molecule has 1 N–H and O–H groups in total. The summed E-state index contributed by atoms with van der Waals surface area (Å²) < 4.78 is 0. The van der Waals surface area contributed by atoms with Gasteiger partial charge in [-0.25, -0.2) is 0 Å². The minimum Gasteiger partial charge on any atom is -0.390 e. The number of carbonyl (C=O) groups excluding carboxylic acids is 1. The maximum absolute atomic E-state index is 11.1. The highest BCUT2D eigenvalue weighted by molar-refractivity contribution is 6.33. The highest BCUT2D eigenvalue weighted by Gasteiger charge is 2.28. The molecule has 92 valence electrons. The molecule has 0 spiro atoms. The first-order valence-corrected chi connectivity index (χ1v) is 6.12. The summed E-state index contributed by atoms with van der Waals surface area (Å²) in [6.45, 7) is 3.34. The number of nitrogens with zero attached hydrogens (tertiary/aromatic N) is 1. The average Bonchev–Trinajstić information content (AvgIpc) is 2.29. The van der Waals surface area contributed by atoms with Gasteiger partial charge in [0.05, 0.1) is 16.2 Å². The van der Waals surface area contributed by atoms with Gasteiger partial charge in [-0.1, -0.05) is 17.7 Å². The van der Waals surface area contributed by atoms with Gasteiger partial charge in [0.1, 0.15) is 0 Å². The van der Waals surface area contributed by atoms with Crippen LogP contribution in [0.2, 0.25) is 5.02 Å². The van der Waals surface area contributed by atoms with Gasteiger partial charge in [-0.05, 0) is 31.9 Å². The Morgan fingerprint density at radius 3 is 2.65 bits per heavy atom. The van der Waals surface area contributed by atoms with E-state index in [9.17, 15) is 9.90 Å². The summed E-state index contributed by atoms with van der Waals surface area (Å²) in [5.74, 6) is 0. The second-order valence-electron chi connectivity index (χ2n) is 4.77. The van der Waals surface area contributed by atoms with Crippen molar-refractivity contribution in [3.8, 4) is 0 Å². The van der Waals surface area contributed by atoms with E-state index in [1.54, 1.807) is 6.07 Å². The molecule has 3 nitrogen and oxygen atoms in total. The smallest absolute Gasteiger partial charge is 0.153 e. The monoisotopic (exact) mass is 253 g/mol.